The molecule has 0 spiro atoms. The van der Waals surface area contributed by atoms with Crippen molar-refractivity contribution in [1.82, 2.24) is 24.7 Å². The molecule has 3 aromatic heterocycles. The molecular formula is C13H9N5O. The molecule has 0 radical (unpaired) electrons. The van der Waals surface area contributed by atoms with Crippen LogP contribution in [0.5, 0.6) is 0 Å². The fraction of sp³-hybridized carbons (Fsp3) is 0. The predicted octanol–water partition coefficient (Wildman–Crippen LogP) is 1.54. The summed E-state index contributed by atoms with van der Waals surface area (Å²) in [6.45, 7) is 0. The van der Waals surface area contributed by atoms with Crippen molar-refractivity contribution in [2.75, 3.05) is 0 Å². The normalized spacial score (nSPS) is 10.3. The standard InChI is InChI=1S/C13H9N5O/c19-9-10-8-18(11-1-3-14-4-2-11)17-13(10)12-7-15-5-6-16-12/h1-9H. The van der Waals surface area contributed by atoms with E-state index < -0.39 is 0 Å². The van der Waals surface area contributed by atoms with Gasteiger partial charge in [-0.05, 0) is 12.1 Å². The first-order valence-corrected chi connectivity index (χ1v) is 5.60. The van der Waals surface area contributed by atoms with Gasteiger partial charge in [0.05, 0.1) is 17.4 Å². The maximum atomic E-state index is 11.1. The minimum atomic E-state index is 0.470. The minimum absolute atomic E-state index is 0.470. The first kappa shape index (κ1) is 11.2. The summed E-state index contributed by atoms with van der Waals surface area (Å²) in [5.41, 5.74) is 2.38. The van der Waals surface area contributed by atoms with E-state index in [9.17, 15) is 4.79 Å². The fourth-order valence-corrected chi connectivity index (χ4v) is 1.72. The number of rotatable bonds is 3. The van der Waals surface area contributed by atoms with Crippen molar-refractivity contribution in [2.24, 2.45) is 0 Å². The van der Waals surface area contributed by atoms with Crippen molar-refractivity contribution in [1.29, 1.82) is 0 Å². The van der Waals surface area contributed by atoms with Crippen molar-refractivity contribution in [3.8, 4) is 17.1 Å². The van der Waals surface area contributed by atoms with Crippen molar-refractivity contribution in [3.63, 3.8) is 0 Å². The zero-order valence-electron chi connectivity index (χ0n) is 9.84. The van der Waals surface area contributed by atoms with Crippen LogP contribution in [0.15, 0.2) is 49.3 Å². The van der Waals surface area contributed by atoms with Gasteiger partial charge in [-0.2, -0.15) is 5.10 Å². The van der Waals surface area contributed by atoms with Crippen LogP contribution in [0.2, 0.25) is 0 Å². The molecule has 0 saturated carbocycles. The van der Waals surface area contributed by atoms with Crippen LogP contribution in [0, 0.1) is 0 Å². The lowest BCUT2D eigenvalue weighted by Gasteiger charge is -1.99. The Labute approximate surface area is 108 Å². The summed E-state index contributed by atoms with van der Waals surface area (Å²) in [5.74, 6) is 0. The van der Waals surface area contributed by atoms with E-state index in [2.05, 4.69) is 20.1 Å². The van der Waals surface area contributed by atoms with Gasteiger partial charge in [-0.15, -0.1) is 0 Å². The molecule has 0 aliphatic carbocycles. The Morgan fingerprint density at radius 1 is 1.05 bits per heavy atom. The number of carbonyl (C=O) groups excluding carboxylic acids is 1. The molecule has 0 bridgehead atoms. The maximum absolute atomic E-state index is 11.1. The quantitative estimate of drug-likeness (QED) is 0.660. The van der Waals surface area contributed by atoms with E-state index in [0.717, 1.165) is 12.0 Å². The van der Waals surface area contributed by atoms with Gasteiger partial charge in [0.1, 0.15) is 11.4 Å². The Morgan fingerprint density at radius 2 is 1.89 bits per heavy atom. The topological polar surface area (TPSA) is 73.6 Å². The number of aldehydes is 1. The van der Waals surface area contributed by atoms with Gasteiger partial charge < -0.3 is 0 Å². The number of carbonyl (C=O) groups is 1. The summed E-state index contributed by atoms with van der Waals surface area (Å²) >= 11 is 0. The van der Waals surface area contributed by atoms with Crippen molar-refractivity contribution in [3.05, 3.63) is 54.9 Å². The Hall–Kier alpha value is -2.89. The molecule has 0 aliphatic heterocycles. The highest BCUT2D eigenvalue weighted by atomic mass is 16.1. The molecule has 3 rings (SSSR count). The molecule has 3 heterocycles. The Balaban J connectivity index is 2.12. The summed E-state index contributed by atoms with van der Waals surface area (Å²) in [5, 5.41) is 4.38. The first-order valence-electron chi connectivity index (χ1n) is 5.60. The van der Waals surface area contributed by atoms with Crippen molar-refractivity contribution in [2.45, 2.75) is 0 Å². The molecule has 0 aliphatic rings. The molecule has 0 aromatic carbocycles. The van der Waals surface area contributed by atoms with Gasteiger partial charge in [0.15, 0.2) is 6.29 Å². The highest BCUT2D eigenvalue weighted by Crippen LogP contribution is 2.19. The van der Waals surface area contributed by atoms with Crippen LogP contribution < -0.4 is 0 Å². The van der Waals surface area contributed by atoms with Crippen molar-refractivity contribution < 1.29 is 4.79 Å². The highest BCUT2D eigenvalue weighted by Gasteiger charge is 2.12. The van der Waals surface area contributed by atoms with Crippen LogP contribution >= 0.6 is 0 Å². The zero-order valence-corrected chi connectivity index (χ0v) is 9.84. The van der Waals surface area contributed by atoms with Crippen LogP contribution in [0.3, 0.4) is 0 Å². The lowest BCUT2D eigenvalue weighted by Crippen LogP contribution is -1.95. The van der Waals surface area contributed by atoms with Gasteiger partial charge >= 0.3 is 0 Å². The fourth-order valence-electron chi connectivity index (χ4n) is 1.72. The SMILES string of the molecule is O=Cc1cn(-c2ccncc2)nc1-c1cnccn1. The van der Waals surface area contributed by atoms with E-state index in [0.29, 0.717) is 17.0 Å². The minimum Gasteiger partial charge on any atom is -0.298 e. The number of hydrogen-bond acceptors (Lipinski definition) is 5. The van der Waals surface area contributed by atoms with Gasteiger partial charge in [-0.25, -0.2) is 4.68 Å². The molecule has 0 fully saturated rings. The zero-order chi connectivity index (χ0) is 13.1. The highest BCUT2D eigenvalue weighted by molar-refractivity contribution is 5.84. The number of pyridine rings is 1. The summed E-state index contributed by atoms with van der Waals surface area (Å²) in [4.78, 5) is 23.2. The summed E-state index contributed by atoms with van der Waals surface area (Å²) in [7, 11) is 0. The largest absolute Gasteiger partial charge is 0.298 e. The molecule has 0 atom stereocenters. The Bertz CT molecular complexity index is 694. The number of nitrogens with zero attached hydrogens (tertiary/aromatic N) is 5. The van der Waals surface area contributed by atoms with Gasteiger partial charge in [-0.1, -0.05) is 0 Å². The Morgan fingerprint density at radius 3 is 2.58 bits per heavy atom. The lowest BCUT2D eigenvalue weighted by molar-refractivity contribution is 0.112. The molecule has 6 heteroatoms. The molecule has 19 heavy (non-hydrogen) atoms. The summed E-state index contributed by atoms with van der Waals surface area (Å²) in [6, 6.07) is 3.62. The van der Waals surface area contributed by atoms with Crippen LogP contribution in [0.1, 0.15) is 10.4 Å². The van der Waals surface area contributed by atoms with Gasteiger partial charge in [0.25, 0.3) is 0 Å². The number of hydrogen-bond donors (Lipinski definition) is 0. The second-order valence-electron chi connectivity index (χ2n) is 3.79. The molecule has 3 aromatic rings. The van der Waals surface area contributed by atoms with Crippen LogP contribution in [0.4, 0.5) is 0 Å². The molecule has 0 N–H and O–H groups in total. The second-order valence-corrected chi connectivity index (χ2v) is 3.79. The van der Waals surface area contributed by atoms with Gasteiger partial charge in [0, 0.05) is 31.0 Å². The van der Waals surface area contributed by atoms with Crippen LogP contribution in [-0.4, -0.2) is 31.0 Å². The van der Waals surface area contributed by atoms with Crippen molar-refractivity contribution >= 4 is 6.29 Å². The van der Waals surface area contributed by atoms with E-state index in [1.54, 1.807) is 41.9 Å². The smallest absolute Gasteiger partial charge is 0.153 e. The third-order valence-electron chi connectivity index (χ3n) is 2.60. The molecule has 0 saturated heterocycles. The average molecular weight is 251 g/mol. The average Bonchev–Trinajstić information content (AvgIpc) is 2.93. The molecule has 0 unspecified atom stereocenters. The van der Waals surface area contributed by atoms with E-state index in [1.165, 1.54) is 0 Å². The Kier molecular flexibility index (Phi) is 2.82. The summed E-state index contributed by atoms with van der Waals surface area (Å²) < 4.78 is 1.62. The van der Waals surface area contributed by atoms with E-state index in [1.807, 2.05) is 12.1 Å². The monoisotopic (exact) mass is 251 g/mol. The summed E-state index contributed by atoms with van der Waals surface area (Å²) in [6.07, 6.45) is 10.5. The van der Waals surface area contributed by atoms with E-state index >= 15 is 0 Å². The van der Waals surface area contributed by atoms with Gasteiger partial charge in [-0.3, -0.25) is 19.7 Å². The molecular weight excluding hydrogens is 242 g/mol. The third kappa shape index (κ3) is 2.11. The third-order valence-corrected chi connectivity index (χ3v) is 2.60. The number of aromatic nitrogens is 5. The molecule has 0 amide bonds. The van der Waals surface area contributed by atoms with Crippen LogP contribution in [0.25, 0.3) is 17.1 Å². The lowest BCUT2D eigenvalue weighted by atomic mass is 10.2. The van der Waals surface area contributed by atoms with Crippen LogP contribution in [-0.2, 0) is 0 Å². The molecule has 92 valence electrons. The van der Waals surface area contributed by atoms with E-state index in [4.69, 9.17) is 0 Å². The van der Waals surface area contributed by atoms with Gasteiger partial charge in [0.2, 0.25) is 0 Å². The molecule has 6 nitrogen and oxygen atoms in total. The maximum Gasteiger partial charge on any atom is 0.153 e. The van der Waals surface area contributed by atoms with E-state index in [-0.39, 0.29) is 0 Å². The second kappa shape index (κ2) is 4.77. The first-order chi connectivity index (χ1) is 9.38. The predicted molar refractivity (Wildman–Crippen MR) is 67.8 cm³/mol.